The van der Waals surface area contributed by atoms with Gasteiger partial charge in [-0.15, -0.1) is 0 Å². The molecule has 0 aromatic heterocycles. The molecule has 0 atom stereocenters. The van der Waals surface area contributed by atoms with Crippen molar-refractivity contribution in [1.82, 2.24) is 0 Å². The zero-order valence-electron chi connectivity index (χ0n) is 12.2. The summed E-state index contributed by atoms with van der Waals surface area (Å²) in [6, 6.07) is 17.3. The van der Waals surface area contributed by atoms with Crippen LogP contribution in [0, 0.1) is 13.8 Å². The summed E-state index contributed by atoms with van der Waals surface area (Å²) in [5, 5.41) is 0. The fourth-order valence-electron chi connectivity index (χ4n) is 2.60. The monoisotopic (exact) mass is 254 g/mol. The second kappa shape index (κ2) is 5.58. The maximum Gasteiger partial charge on any atom is 0.117 e. The molecule has 1 nitrogen and oxygen atoms in total. The molecule has 0 N–H and O–H groups in total. The summed E-state index contributed by atoms with van der Waals surface area (Å²) in [7, 11) is 1.79. The Labute approximate surface area is 116 Å². The molecule has 0 fully saturated rings. The van der Waals surface area contributed by atoms with Gasteiger partial charge in [-0.3, -0.25) is 0 Å². The maximum atomic E-state index is 5.94. The molecule has 0 amide bonds. The topological polar surface area (TPSA) is 9.23 Å². The molecular weight excluding hydrogens is 232 g/mol. The minimum atomic E-state index is -0.346. The van der Waals surface area contributed by atoms with E-state index < -0.39 is 0 Å². The van der Waals surface area contributed by atoms with Gasteiger partial charge in [0.05, 0.1) is 0 Å². The van der Waals surface area contributed by atoms with E-state index in [9.17, 15) is 0 Å². The van der Waals surface area contributed by atoms with Crippen molar-refractivity contribution in [1.29, 1.82) is 0 Å². The second-order valence-electron chi connectivity index (χ2n) is 5.12. The van der Waals surface area contributed by atoms with Crippen molar-refractivity contribution in [3.05, 3.63) is 70.8 Å². The van der Waals surface area contributed by atoms with E-state index in [2.05, 4.69) is 69.3 Å². The predicted octanol–water partition coefficient (Wildman–Crippen LogP) is 4.60. The molecule has 1 heteroatoms. The Morgan fingerprint density at radius 2 is 1.16 bits per heavy atom. The molecule has 0 unspecified atom stereocenters. The van der Waals surface area contributed by atoms with Crippen LogP contribution < -0.4 is 0 Å². The molecule has 0 saturated heterocycles. The molecule has 0 radical (unpaired) electrons. The lowest BCUT2D eigenvalue weighted by atomic mass is 9.83. The summed E-state index contributed by atoms with van der Waals surface area (Å²) >= 11 is 0. The Morgan fingerprint density at radius 3 is 1.42 bits per heavy atom. The van der Waals surface area contributed by atoms with Crippen LogP contribution in [0.2, 0.25) is 0 Å². The van der Waals surface area contributed by atoms with E-state index in [1.165, 1.54) is 22.3 Å². The fraction of sp³-hybridized carbons (Fsp3) is 0.333. The number of aryl methyl sites for hydroxylation is 2. The van der Waals surface area contributed by atoms with Crippen LogP contribution in [0.15, 0.2) is 48.5 Å². The van der Waals surface area contributed by atoms with Crippen molar-refractivity contribution >= 4 is 0 Å². The van der Waals surface area contributed by atoms with E-state index in [1.54, 1.807) is 7.11 Å². The normalized spacial score (nSPS) is 11.6. The third-order valence-corrected chi connectivity index (χ3v) is 3.88. The Hall–Kier alpha value is -1.60. The average molecular weight is 254 g/mol. The predicted molar refractivity (Wildman–Crippen MR) is 80.4 cm³/mol. The first kappa shape index (κ1) is 13.8. The molecule has 0 saturated carbocycles. The summed E-state index contributed by atoms with van der Waals surface area (Å²) < 4.78 is 5.94. The summed E-state index contributed by atoms with van der Waals surface area (Å²) in [5.74, 6) is 0. The van der Waals surface area contributed by atoms with Crippen molar-refractivity contribution < 1.29 is 4.74 Å². The molecule has 0 spiro atoms. The maximum absolute atomic E-state index is 5.94. The van der Waals surface area contributed by atoms with E-state index in [0.29, 0.717) is 0 Å². The Morgan fingerprint density at radius 1 is 0.789 bits per heavy atom. The number of hydrogen-bond donors (Lipinski definition) is 0. The highest BCUT2D eigenvalue weighted by molar-refractivity contribution is 5.38. The van der Waals surface area contributed by atoms with Crippen LogP contribution in [0.4, 0.5) is 0 Å². The van der Waals surface area contributed by atoms with Gasteiger partial charge in [0.2, 0.25) is 0 Å². The summed E-state index contributed by atoms with van der Waals surface area (Å²) in [4.78, 5) is 0. The zero-order valence-corrected chi connectivity index (χ0v) is 12.2. The fourth-order valence-corrected chi connectivity index (χ4v) is 2.60. The molecule has 2 rings (SSSR count). The van der Waals surface area contributed by atoms with Gasteiger partial charge >= 0.3 is 0 Å². The van der Waals surface area contributed by atoms with E-state index in [4.69, 9.17) is 4.74 Å². The molecule has 0 aliphatic rings. The largest absolute Gasteiger partial charge is 0.369 e. The average Bonchev–Trinajstić information content (AvgIpc) is 2.44. The third-order valence-electron chi connectivity index (χ3n) is 3.88. The van der Waals surface area contributed by atoms with Gasteiger partial charge in [0.1, 0.15) is 5.60 Å². The molecule has 2 aromatic rings. The highest BCUT2D eigenvalue weighted by Crippen LogP contribution is 2.36. The van der Waals surface area contributed by atoms with Crippen LogP contribution in [-0.2, 0) is 10.3 Å². The van der Waals surface area contributed by atoms with E-state index in [0.717, 1.165) is 6.42 Å². The highest BCUT2D eigenvalue weighted by Gasteiger charge is 2.32. The third kappa shape index (κ3) is 2.57. The van der Waals surface area contributed by atoms with Crippen molar-refractivity contribution in [2.24, 2.45) is 0 Å². The highest BCUT2D eigenvalue weighted by atomic mass is 16.5. The zero-order chi connectivity index (χ0) is 13.9. The van der Waals surface area contributed by atoms with E-state index in [-0.39, 0.29) is 5.60 Å². The lowest BCUT2D eigenvalue weighted by molar-refractivity contribution is 0.0186. The SMILES string of the molecule is CCC(OC)(c1ccc(C)cc1)c1ccc(C)cc1. The van der Waals surface area contributed by atoms with Crippen molar-refractivity contribution in [3.63, 3.8) is 0 Å². The smallest absolute Gasteiger partial charge is 0.117 e. The lowest BCUT2D eigenvalue weighted by Crippen LogP contribution is -2.29. The number of ether oxygens (including phenoxy) is 1. The minimum absolute atomic E-state index is 0.346. The Bertz CT molecular complexity index is 471. The van der Waals surface area contributed by atoms with Crippen molar-refractivity contribution in [2.45, 2.75) is 32.8 Å². The van der Waals surface area contributed by atoms with Gasteiger partial charge in [0, 0.05) is 7.11 Å². The van der Waals surface area contributed by atoms with Crippen molar-refractivity contribution in [2.75, 3.05) is 7.11 Å². The first-order chi connectivity index (χ1) is 9.12. The molecule has 0 aliphatic carbocycles. The van der Waals surface area contributed by atoms with Gasteiger partial charge < -0.3 is 4.74 Å². The number of methoxy groups -OCH3 is 1. The van der Waals surface area contributed by atoms with Crippen LogP contribution in [0.25, 0.3) is 0 Å². The van der Waals surface area contributed by atoms with Gasteiger partial charge in [-0.1, -0.05) is 66.6 Å². The second-order valence-corrected chi connectivity index (χ2v) is 5.12. The van der Waals surface area contributed by atoms with Gasteiger partial charge in [-0.05, 0) is 31.4 Å². The summed E-state index contributed by atoms with van der Waals surface area (Å²) in [6.07, 6.45) is 0.912. The van der Waals surface area contributed by atoms with Crippen LogP contribution in [0.3, 0.4) is 0 Å². The standard InChI is InChI=1S/C18H22O/c1-5-18(19-4,16-10-6-14(2)7-11-16)17-12-8-15(3)9-13-17/h6-13H,5H2,1-4H3. The lowest BCUT2D eigenvalue weighted by Gasteiger charge is -2.33. The van der Waals surface area contributed by atoms with Gasteiger partial charge in [-0.2, -0.15) is 0 Å². The van der Waals surface area contributed by atoms with Crippen LogP contribution >= 0.6 is 0 Å². The Balaban J connectivity index is 2.53. The Kier molecular flexibility index (Phi) is 4.06. The molecule has 0 aliphatic heterocycles. The molecule has 0 bridgehead atoms. The number of benzene rings is 2. The summed E-state index contributed by atoms with van der Waals surface area (Å²) in [5.41, 5.74) is 4.63. The summed E-state index contributed by atoms with van der Waals surface area (Å²) in [6.45, 7) is 6.38. The number of hydrogen-bond acceptors (Lipinski definition) is 1. The van der Waals surface area contributed by atoms with Crippen LogP contribution in [0.5, 0.6) is 0 Å². The minimum Gasteiger partial charge on any atom is -0.369 e. The molecular formula is C18H22O. The molecule has 0 heterocycles. The van der Waals surface area contributed by atoms with E-state index >= 15 is 0 Å². The van der Waals surface area contributed by atoms with E-state index in [1.807, 2.05) is 0 Å². The molecule has 2 aromatic carbocycles. The van der Waals surface area contributed by atoms with Gasteiger partial charge in [0.15, 0.2) is 0 Å². The van der Waals surface area contributed by atoms with Crippen LogP contribution in [-0.4, -0.2) is 7.11 Å². The first-order valence-electron chi connectivity index (χ1n) is 6.82. The van der Waals surface area contributed by atoms with Crippen molar-refractivity contribution in [3.8, 4) is 0 Å². The molecule has 19 heavy (non-hydrogen) atoms. The van der Waals surface area contributed by atoms with Gasteiger partial charge in [0.25, 0.3) is 0 Å². The first-order valence-corrected chi connectivity index (χ1v) is 6.82. The number of rotatable bonds is 4. The quantitative estimate of drug-likeness (QED) is 0.774. The van der Waals surface area contributed by atoms with Crippen LogP contribution in [0.1, 0.15) is 35.6 Å². The molecule has 100 valence electrons. The van der Waals surface area contributed by atoms with Gasteiger partial charge in [-0.25, -0.2) is 0 Å².